The zero-order valence-corrected chi connectivity index (χ0v) is 18.2. The summed E-state index contributed by atoms with van der Waals surface area (Å²) in [5.41, 5.74) is 2.60. The number of hydrogen-bond donors (Lipinski definition) is 0. The molecule has 0 spiro atoms. The van der Waals surface area contributed by atoms with Crippen LogP contribution in [0.1, 0.15) is 32.8 Å². The predicted octanol–water partition coefficient (Wildman–Crippen LogP) is 5.20. The SMILES string of the molecule is CCN(CC)C(C)(C1=[C-]CC=C1)c1ccccc1.Cl.Cl.Cl.[Zr]. The van der Waals surface area contributed by atoms with Crippen molar-refractivity contribution in [2.45, 2.75) is 32.7 Å². The topological polar surface area (TPSA) is 3.24 Å². The van der Waals surface area contributed by atoms with Gasteiger partial charge in [0.1, 0.15) is 0 Å². The Bertz CT molecular complexity index is 458. The zero-order valence-electron chi connectivity index (χ0n) is 13.3. The molecule has 0 N–H and O–H groups in total. The molecule has 1 aromatic rings. The fraction of sp³-hybridized carbons (Fsp3) is 0.412. The van der Waals surface area contributed by atoms with Crippen LogP contribution in [0, 0.1) is 6.08 Å². The number of allylic oxidation sites excluding steroid dienone is 2. The van der Waals surface area contributed by atoms with Crippen LogP contribution < -0.4 is 0 Å². The molecule has 1 atom stereocenters. The Morgan fingerprint density at radius 1 is 1.05 bits per heavy atom. The molecular weight excluding hydrogens is 416 g/mol. The second-order valence-corrected chi connectivity index (χ2v) is 4.81. The molecule has 0 saturated carbocycles. The third kappa shape index (κ3) is 5.50. The largest absolute Gasteiger partial charge is 0.293 e. The minimum Gasteiger partial charge on any atom is -0.293 e. The molecule has 2 rings (SSSR count). The van der Waals surface area contributed by atoms with E-state index in [1.165, 1.54) is 11.1 Å². The molecule has 0 saturated heterocycles. The van der Waals surface area contributed by atoms with Gasteiger partial charge >= 0.3 is 0 Å². The molecule has 22 heavy (non-hydrogen) atoms. The van der Waals surface area contributed by atoms with E-state index in [2.05, 4.69) is 74.2 Å². The van der Waals surface area contributed by atoms with Crippen molar-refractivity contribution in [2.75, 3.05) is 13.1 Å². The van der Waals surface area contributed by atoms with Gasteiger partial charge in [-0.1, -0.05) is 44.2 Å². The molecule has 0 aliphatic heterocycles. The van der Waals surface area contributed by atoms with Crippen LogP contribution in [0.2, 0.25) is 0 Å². The van der Waals surface area contributed by atoms with E-state index in [9.17, 15) is 0 Å². The summed E-state index contributed by atoms with van der Waals surface area (Å²) in [6.07, 6.45) is 8.87. The number of nitrogens with zero attached hydrogens (tertiary/aromatic N) is 1. The summed E-state index contributed by atoms with van der Waals surface area (Å²) in [6.45, 7) is 8.85. The normalized spacial score (nSPS) is 14.6. The van der Waals surface area contributed by atoms with Crippen LogP contribution in [-0.4, -0.2) is 18.0 Å². The van der Waals surface area contributed by atoms with Gasteiger partial charge in [-0.3, -0.25) is 11.0 Å². The van der Waals surface area contributed by atoms with Gasteiger partial charge in [-0.25, -0.2) is 6.08 Å². The van der Waals surface area contributed by atoms with E-state index in [1.807, 2.05) is 0 Å². The van der Waals surface area contributed by atoms with Gasteiger partial charge in [0.2, 0.25) is 0 Å². The molecule has 0 fully saturated rings. The standard InChI is InChI=1S/C17H22N.3ClH.Zr/c1-4-18(5-2)17(3,16-13-9-10-14-16)15-11-7-6-8-12-15;;;;/h6-9,11-13H,4-5,10H2,1-3H3;3*1H;/q-1;;;;. The minimum atomic E-state index is -0.0578. The van der Waals surface area contributed by atoms with Crippen LogP contribution in [0.3, 0.4) is 0 Å². The Hall–Kier alpha value is 0.413. The predicted molar refractivity (Wildman–Crippen MR) is 99.0 cm³/mol. The molecule has 1 nitrogen and oxygen atoms in total. The first kappa shape index (κ1) is 27.3. The molecule has 1 unspecified atom stereocenters. The Labute approximate surface area is 173 Å². The first-order valence-corrected chi connectivity index (χ1v) is 6.81. The van der Waals surface area contributed by atoms with Gasteiger partial charge in [0.05, 0.1) is 0 Å². The van der Waals surface area contributed by atoms with Crippen molar-refractivity contribution in [1.29, 1.82) is 0 Å². The van der Waals surface area contributed by atoms with Gasteiger partial charge in [-0.2, -0.15) is 11.6 Å². The van der Waals surface area contributed by atoms with Gasteiger partial charge in [0.25, 0.3) is 0 Å². The summed E-state index contributed by atoms with van der Waals surface area (Å²) < 4.78 is 0. The summed E-state index contributed by atoms with van der Waals surface area (Å²) in [5.74, 6) is 0. The van der Waals surface area contributed by atoms with E-state index in [-0.39, 0.29) is 69.0 Å². The van der Waals surface area contributed by atoms with Gasteiger partial charge in [0, 0.05) is 31.7 Å². The molecule has 0 amide bonds. The minimum absolute atomic E-state index is 0. The summed E-state index contributed by atoms with van der Waals surface area (Å²) in [7, 11) is 0. The first-order valence-electron chi connectivity index (χ1n) is 6.81. The van der Waals surface area contributed by atoms with Crippen LogP contribution in [0.15, 0.2) is 48.1 Å². The first-order chi connectivity index (χ1) is 8.73. The maximum Gasteiger partial charge on any atom is 0.0354 e. The molecule has 124 valence electrons. The molecule has 1 aliphatic carbocycles. The van der Waals surface area contributed by atoms with E-state index in [0.29, 0.717) is 0 Å². The average Bonchev–Trinajstić information content (AvgIpc) is 2.95. The van der Waals surface area contributed by atoms with E-state index in [1.54, 1.807) is 0 Å². The number of rotatable bonds is 5. The summed E-state index contributed by atoms with van der Waals surface area (Å²) in [6, 6.07) is 10.8. The molecule has 0 heterocycles. The van der Waals surface area contributed by atoms with Gasteiger partial charge in [0.15, 0.2) is 0 Å². The average molecular weight is 441 g/mol. The number of hydrogen-bond acceptors (Lipinski definition) is 1. The molecule has 0 bridgehead atoms. The Kier molecular flexibility index (Phi) is 15.9. The molecule has 0 aromatic heterocycles. The number of benzene rings is 1. The third-order valence-corrected chi connectivity index (χ3v) is 3.95. The monoisotopic (exact) mass is 438 g/mol. The van der Waals surface area contributed by atoms with Gasteiger partial charge in [-0.05, 0) is 25.6 Å². The van der Waals surface area contributed by atoms with E-state index < -0.39 is 0 Å². The fourth-order valence-electron chi connectivity index (χ4n) is 2.87. The number of halogens is 3. The Morgan fingerprint density at radius 2 is 1.59 bits per heavy atom. The van der Waals surface area contributed by atoms with Crippen LogP contribution >= 0.6 is 37.2 Å². The van der Waals surface area contributed by atoms with Crippen molar-refractivity contribution in [1.82, 2.24) is 4.90 Å². The van der Waals surface area contributed by atoms with Crippen molar-refractivity contribution < 1.29 is 26.2 Å². The van der Waals surface area contributed by atoms with Crippen molar-refractivity contribution in [3.8, 4) is 0 Å². The zero-order chi connectivity index (χ0) is 13.0. The van der Waals surface area contributed by atoms with Crippen molar-refractivity contribution >= 4 is 37.2 Å². The number of likely N-dealkylation sites (N-methyl/N-ethyl adjacent to an activating group) is 1. The van der Waals surface area contributed by atoms with Crippen molar-refractivity contribution in [3.05, 3.63) is 59.7 Å². The van der Waals surface area contributed by atoms with Crippen LogP contribution in [0.4, 0.5) is 0 Å². The van der Waals surface area contributed by atoms with Crippen LogP contribution in [0.25, 0.3) is 0 Å². The fourth-order valence-corrected chi connectivity index (χ4v) is 2.87. The van der Waals surface area contributed by atoms with E-state index >= 15 is 0 Å². The second-order valence-electron chi connectivity index (χ2n) is 4.81. The van der Waals surface area contributed by atoms with Crippen molar-refractivity contribution in [2.24, 2.45) is 0 Å². The molecule has 1 aliphatic rings. The summed E-state index contributed by atoms with van der Waals surface area (Å²) in [5, 5.41) is 0. The second kappa shape index (κ2) is 12.8. The van der Waals surface area contributed by atoms with Crippen molar-refractivity contribution in [3.63, 3.8) is 0 Å². The maximum atomic E-state index is 3.51. The van der Waals surface area contributed by atoms with Gasteiger partial charge < -0.3 is 0 Å². The van der Waals surface area contributed by atoms with E-state index in [0.717, 1.165) is 19.5 Å². The maximum absolute atomic E-state index is 3.51. The van der Waals surface area contributed by atoms with Crippen LogP contribution in [-0.2, 0) is 31.7 Å². The Balaban J connectivity index is -0.000000902. The third-order valence-electron chi connectivity index (χ3n) is 3.95. The smallest absolute Gasteiger partial charge is 0.0354 e. The molecule has 1 aromatic carbocycles. The Morgan fingerprint density at radius 3 is 2.00 bits per heavy atom. The summed E-state index contributed by atoms with van der Waals surface area (Å²) >= 11 is 0. The van der Waals surface area contributed by atoms with Crippen LogP contribution in [0.5, 0.6) is 0 Å². The molecule has 5 heteroatoms. The summed E-state index contributed by atoms with van der Waals surface area (Å²) in [4.78, 5) is 2.50. The van der Waals surface area contributed by atoms with Gasteiger partial charge in [-0.15, -0.1) is 43.6 Å². The molecular formula is C17H25Cl3NZr-. The van der Waals surface area contributed by atoms with E-state index in [4.69, 9.17) is 0 Å². The quantitative estimate of drug-likeness (QED) is 0.569. The molecule has 0 radical (unpaired) electrons.